The lowest BCUT2D eigenvalue weighted by molar-refractivity contribution is 0.0696. The van der Waals surface area contributed by atoms with Gasteiger partial charge in [-0.05, 0) is 31.0 Å². The summed E-state index contributed by atoms with van der Waals surface area (Å²) in [5.41, 5.74) is 3.58. The van der Waals surface area contributed by atoms with Crippen LogP contribution in [0, 0.1) is 0 Å². The van der Waals surface area contributed by atoms with E-state index in [1.165, 1.54) is 19.3 Å². The molecule has 1 heterocycles. The summed E-state index contributed by atoms with van der Waals surface area (Å²) in [4.78, 5) is 18.7. The average molecular weight is 274 g/mol. The maximum absolute atomic E-state index is 12.5. The van der Waals surface area contributed by atoms with Crippen molar-refractivity contribution >= 4 is 27.5 Å². The first-order valence-corrected chi connectivity index (χ1v) is 7.74. The van der Waals surface area contributed by atoms with Crippen molar-refractivity contribution in [3.05, 3.63) is 29.3 Å². The van der Waals surface area contributed by atoms with Gasteiger partial charge in [0.05, 0.1) is 15.7 Å². The lowest BCUT2D eigenvalue weighted by Gasteiger charge is -2.31. The number of hydrogen-bond donors (Lipinski definition) is 0. The van der Waals surface area contributed by atoms with E-state index in [-0.39, 0.29) is 5.91 Å². The summed E-state index contributed by atoms with van der Waals surface area (Å²) < 4.78 is 1.09. The number of carbonyl (C=O) groups excluding carboxylic acids is 1. The Bertz CT molecular complexity index is 587. The summed E-state index contributed by atoms with van der Waals surface area (Å²) in [5, 5.41) is 0. The maximum atomic E-state index is 12.5. The zero-order chi connectivity index (χ0) is 13.2. The fourth-order valence-electron chi connectivity index (χ4n) is 2.83. The second-order valence-electron chi connectivity index (χ2n) is 5.24. The zero-order valence-corrected chi connectivity index (χ0v) is 11.9. The van der Waals surface area contributed by atoms with Crippen LogP contribution < -0.4 is 0 Å². The number of aromatic nitrogens is 1. The Morgan fingerprint density at radius 2 is 2.11 bits per heavy atom. The first-order valence-electron chi connectivity index (χ1n) is 6.86. The molecule has 0 aliphatic heterocycles. The molecule has 0 spiro atoms. The monoisotopic (exact) mass is 274 g/mol. The van der Waals surface area contributed by atoms with Crippen LogP contribution >= 0.6 is 11.3 Å². The van der Waals surface area contributed by atoms with E-state index in [0.717, 1.165) is 28.6 Å². The molecule has 0 atom stereocenters. The second-order valence-corrected chi connectivity index (χ2v) is 6.13. The van der Waals surface area contributed by atoms with Gasteiger partial charge in [-0.15, -0.1) is 11.3 Å². The largest absolute Gasteiger partial charge is 0.339 e. The first kappa shape index (κ1) is 12.6. The quantitative estimate of drug-likeness (QED) is 0.836. The predicted octanol–water partition coefficient (Wildman–Crippen LogP) is 3.70. The molecule has 1 saturated carbocycles. The predicted molar refractivity (Wildman–Crippen MR) is 78.6 cm³/mol. The van der Waals surface area contributed by atoms with Crippen LogP contribution in [0.1, 0.15) is 42.5 Å². The minimum atomic E-state index is 0.141. The highest BCUT2D eigenvalue weighted by Crippen LogP contribution is 2.24. The van der Waals surface area contributed by atoms with Gasteiger partial charge in [0.2, 0.25) is 0 Å². The fraction of sp³-hybridized carbons (Fsp3) is 0.467. The van der Waals surface area contributed by atoms with E-state index < -0.39 is 0 Å². The lowest BCUT2D eigenvalue weighted by atomic mass is 9.94. The van der Waals surface area contributed by atoms with Gasteiger partial charge in [0.15, 0.2) is 0 Å². The van der Waals surface area contributed by atoms with Gasteiger partial charge in [0.1, 0.15) is 0 Å². The van der Waals surface area contributed by atoms with Gasteiger partial charge in [-0.1, -0.05) is 19.3 Å². The standard InChI is InChI=1S/C15H18N2OS/c1-17(12-5-3-2-4-6-12)15(18)11-7-8-13-14(9-11)19-10-16-13/h7-10,12H,2-6H2,1H3. The molecular formula is C15H18N2OS. The third-order valence-electron chi connectivity index (χ3n) is 4.02. The Labute approximate surface area is 117 Å². The minimum absolute atomic E-state index is 0.141. The molecule has 3 nitrogen and oxygen atoms in total. The number of amides is 1. The average Bonchev–Trinajstić information content (AvgIpc) is 2.94. The van der Waals surface area contributed by atoms with Crippen molar-refractivity contribution in [2.45, 2.75) is 38.1 Å². The number of rotatable bonds is 2. The van der Waals surface area contributed by atoms with Gasteiger partial charge >= 0.3 is 0 Å². The van der Waals surface area contributed by atoms with Crippen molar-refractivity contribution in [2.75, 3.05) is 7.05 Å². The fourth-order valence-corrected chi connectivity index (χ4v) is 3.54. The van der Waals surface area contributed by atoms with Crippen LogP contribution in [0.25, 0.3) is 10.2 Å². The smallest absolute Gasteiger partial charge is 0.253 e. The molecule has 0 unspecified atom stereocenters. The molecule has 19 heavy (non-hydrogen) atoms. The molecule has 1 aromatic heterocycles. The molecule has 1 aromatic carbocycles. The van der Waals surface area contributed by atoms with E-state index >= 15 is 0 Å². The number of nitrogens with zero attached hydrogens (tertiary/aromatic N) is 2. The zero-order valence-electron chi connectivity index (χ0n) is 11.1. The van der Waals surface area contributed by atoms with E-state index in [0.29, 0.717) is 6.04 Å². The van der Waals surface area contributed by atoms with E-state index in [4.69, 9.17) is 0 Å². The minimum Gasteiger partial charge on any atom is -0.339 e. The van der Waals surface area contributed by atoms with Crippen molar-refractivity contribution in [3.8, 4) is 0 Å². The molecule has 4 heteroatoms. The first-order chi connectivity index (χ1) is 9.25. The summed E-state index contributed by atoms with van der Waals surface area (Å²) in [6.45, 7) is 0. The van der Waals surface area contributed by atoms with Crippen molar-refractivity contribution < 1.29 is 4.79 Å². The van der Waals surface area contributed by atoms with Crippen LogP contribution in [-0.2, 0) is 0 Å². The molecule has 0 N–H and O–H groups in total. The Morgan fingerprint density at radius 1 is 1.32 bits per heavy atom. The summed E-state index contributed by atoms with van der Waals surface area (Å²) in [6.07, 6.45) is 6.09. The van der Waals surface area contributed by atoms with Gasteiger partial charge in [0.25, 0.3) is 5.91 Å². The Balaban J connectivity index is 1.81. The summed E-state index contributed by atoms with van der Waals surface area (Å²) >= 11 is 1.58. The molecule has 3 rings (SSSR count). The van der Waals surface area contributed by atoms with Gasteiger partial charge in [-0.3, -0.25) is 4.79 Å². The van der Waals surface area contributed by atoms with Crippen molar-refractivity contribution in [1.82, 2.24) is 9.88 Å². The molecule has 1 aliphatic carbocycles. The van der Waals surface area contributed by atoms with Crippen LogP contribution in [0.4, 0.5) is 0 Å². The molecule has 0 radical (unpaired) electrons. The van der Waals surface area contributed by atoms with Crippen molar-refractivity contribution in [1.29, 1.82) is 0 Å². The molecule has 0 saturated heterocycles. The highest BCUT2D eigenvalue weighted by Gasteiger charge is 2.23. The molecule has 1 amide bonds. The number of benzene rings is 1. The van der Waals surface area contributed by atoms with Crippen LogP contribution in [0.3, 0.4) is 0 Å². The van der Waals surface area contributed by atoms with E-state index in [1.807, 2.05) is 35.7 Å². The van der Waals surface area contributed by atoms with Gasteiger partial charge in [-0.2, -0.15) is 0 Å². The second kappa shape index (κ2) is 5.29. The van der Waals surface area contributed by atoms with Crippen LogP contribution in [-0.4, -0.2) is 28.9 Å². The number of hydrogen-bond acceptors (Lipinski definition) is 3. The topological polar surface area (TPSA) is 33.2 Å². The van der Waals surface area contributed by atoms with Gasteiger partial charge in [0, 0.05) is 18.7 Å². The Hall–Kier alpha value is -1.42. The van der Waals surface area contributed by atoms with Crippen LogP contribution in [0.5, 0.6) is 0 Å². The summed E-state index contributed by atoms with van der Waals surface area (Å²) in [5.74, 6) is 0.141. The summed E-state index contributed by atoms with van der Waals surface area (Å²) in [6, 6.07) is 6.21. The van der Waals surface area contributed by atoms with Gasteiger partial charge in [-0.25, -0.2) is 4.98 Å². The normalized spacial score (nSPS) is 16.7. The van der Waals surface area contributed by atoms with Crippen LogP contribution in [0.15, 0.2) is 23.7 Å². The van der Waals surface area contributed by atoms with E-state index in [2.05, 4.69) is 4.98 Å². The highest BCUT2D eigenvalue weighted by atomic mass is 32.1. The number of fused-ring (bicyclic) bond motifs is 1. The lowest BCUT2D eigenvalue weighted by Crippen LogP contribution is -2.38. The number of thiazole rings is 1. The SMILES string of the molecule is CN(C(=O)c1ccc2ncsc2c1)C1CCCCC1. The molecule has 1 aliphatic rings. The molecule has 100 valence electrons. The Kier molecular flexibility index (Phi) is 3.51. The summed E-state index contributed by atoms with van der Waals surface area (Å²) in [7, 11) is 1.94. The third-order valence-corrected chi connectivity index (χ3v) is 4.81. The molecular weight excluding hydrogens is 256 g/mol. The van der Waals surface area contributed by atoms with Crippen LogP contribution in [0.2, 0.25) is 0 Å². The third kappa shape index (κ3) is 2.50. The molecule has 2 aromatic rings. The maximum Gasteiger partial charge on any atom is 0.253 e. The molecule has 1 fully saturated rings. The Morgan fingerprint density at radius 3 is 2.89 bits per heavy atom. The highest BCUT2D eigenvalue weighted by molar-refractivity contribution is 7.16. The molecule has 0 bridgehead atoms. The van der Waals surface area contributed by atoms with E-state index in [9.17, 15) is 4.79 Å². The van der Waals surface area contributed by atoms with Gasteiger partial charge < -0.3 is 4.90 Å². The van der Waals surface area contributed by atoms with E-state index in [1.54, 1.807) is 11.3 Å². The van der Waals surface area contributed by atoms with Crippen molar-refractivity contribution in [2.24, 2.45) is 0 Å². The number of carbonyl (C=O) groups is 1. The van der Waals surface area contributed by atoms with Crippen molar-refractivity contribution in [3.63, 3.8) is 0 Å².